The molecule has 10 aromatic rings. The van der Waals surface area contributed by atoms with Gasteiger partial charge in [-0.25, -0.2) is 0 Å². The summed E-state index contributed by atoms with van der Waals surface area (Å²) in [5, 5.41) is 13.0. The van der Waals surface area contributed by atoms with Crippen molar-refractivity contribution < 1.29 is 4.42 Å². The summed E-state index contributed by atoms with van der Waals surface area (Å²) in [4.78, 5) is 0. The van der Waals surface area contributed by atoms with E-state index >= 15 is 0 Å². The third-order valence-electron chi connectivity index (χ3n) is 14.5. The minimum Gasteiger partial charge on any atom is -0.455 e. The van der Waals surface area contributed by atoms with Gasteiger partial charge in [0.1, 0.15) is 19.2 Å². The molecule has 2 aliphatic carbocycles. The fourth-order valence-corrected chi connectivity index (χ4v) is 13.5. The fourth-order valence-electron chi connectivity index (χ4n) is 11.2. The zero-order valence-corrected chi connectivity index (χ0v) is 36.1. The molecule has 1 aromatic heterocycles. The van der Waals surface area contributed by atoms with Gasteiger partial charge in [0.15, 0.2) is 0 Å². The quantitative estimate of drug-likeness (QED) is 0.125. The summed E-state index contributed by atoms with van der Waals surface area (Å²) in [6, 6.07) is 65.5. The number of rotatable bonds is 5. The summed E-state index contributed by atoms with van der Waals surface area (Å²) in [6.45, 7) is 9.81. The van der Waals surface area contributed by atoms with Crippen LogP contribution in [-0.2, 0) is 5.41 Å². The number of allylic oxidation sites excluding steroid dienone is 4. The fraction of sp³-hybridized carbons (Fsp3) is 0.119. The smallest absolute Gasteiger partial charge is 0.143 e. The first kappa shape index (κ1) is 36.1. The van der Waals surface area contributed by atoms with Crippen LogP contribution in [0.5, 0.6) is 0 Å². The summed E-state index contributed by atoms with van der Waals surface area (Å²) in [7, 11) is -1.88. The number of benzene rings is 9. The SMILES string of the molecule is CC1(C)c2ccc3ccccc3c2C2=CC=C(c3c4ccccc4c(-c4cc(-c5ccc([Si](C)(C)c6ccccc6)cc5)c5oc6ccccc6c5c4)c4ccccc34)CC21. The average molecular weight is 799 g/mol. The van der Waals surface area contributed by atoms with Gasteiger partial charge in [0, 0.05) is 16.3 Å². The molecule has 0 aliphatic heterocycles. The summed E-state index contributed by atoms with van der Waals surface area (Å²) in [5.74, 6) is 0.386. The Kier molecular flexibility index (Phi) is 7.93. The molecular formula is C59H46OSi. The van der Waals surface area contributed by atoms with Crippen LogP contribution in [-0.4, -0.2) is 8.07 Å². The molecule has 0 saturated carbocycles. The minimum atomic E-state index is -1.88. The monoisotopic (exact) mass is 798 g/mol. The van der Waals surface area contributed by atoms with Crippen LogP contribution < -0.4 is 10.4 Å². The molecule has 0 amide bonds. The molecule has 0 bridgehead atoms. The summed E-state index contributed by atoms with van der Waals surface area (Å²) in [5.41, 5.74) is 13.8. The highest BCUT2D eigenvalue weighted by Gasteiger charge is 2.45. The number of fused-ring (bicyclic) bond motifs is 10. The zero-order chi connectivity index (χ0) is 41.0. The minimum absolute atomic E-state index is 0.00707. The largest absolute Gasteiger partial charge is 0.455 e. The number of hydrogen-bond acceptors (Lipinski definition) is 1. The van der Waals surface area contributed by atoms with Crippen LogP contribution in [0.4, 0.5) is 0 Å². The van der Waals surface area contributed by atoms with E-state index in [0.717, 1.165) is 33.9 Å². The maximum Gasteiger partial charge on any atom is 0.143 e. The van der Waals surface area contributed by atoms with Gasteiger partial charge in [0.25, 0.3) is 0 Å². The van der Waals surface area contributed by atoms with Gasteiger partial charge in [-0.15, -0.1) is 0 Å². The van der Waals surface area contributed by atoms with Crippen LogP contribution in [0.2, 0.25) is 13.1 Å². The Labute approximate surface area is 358 Å². The Morgan fingerprint density at radius 1 is 0.492 bits per heavy atom. The molecule has 0 N–H and O–H groups in total. The molecule has 292 valence electrons. The van der Waals surface area contributed by atoms with Crippen LogP contribution in [0, 0.1) is 5.92 Å². The van der Waals surface area contributed by atoms with Crippen LogP contribution in [0.15, 0.2) is 192 Å². The van der Waals surface area contributed by atoms with Crippen molar-refractivity contribution in [1.29, 1.82) is 0 Å². The van der Waals surface area contributed by atoms with Gasteiger partial charge >= 0.3 is 0 Å². The number of furan rings is 1. The van der Waals surface area contributed by atoms with E-state index < -0.39 is 8.07 Å². The van der Waals surface area contributed by atoms with E-state index in [9.17, 15) is 0 Å². The maximum atomic E-state index is 6.76. The van der Waals surface area contributed by atoms with Crippen molar-refractivity contribution >= 4 is 83.8 Å². The highest BCUT2D eigenvalue weighted by molar-refractivity contribution is 7.00. The van der Waals surface area contributed by atoms with Crippen molar-refractivity contribution in [3.05, 3.63) is 205 Å². The normalized spacial score (nSPS) is 16.0. The second-order valence-electron chi connectivity index (χ2n) is 18.4. The lowest BCUT2D eigenvalue weighted by Gasteiger charge is -2.32. The van der Waals surface area contributed by atoms with Crippen molar-refractivity contribution in [1.82, 2.24) is 0 Å². The number of hydrogen-bond donors (Lipinski definition) is 0. The maximum absolute atomic E-state index is 6.76. The Hall–Kier alpha value is -6.74. The predicted octanol–water partition coefficient (Wildman–Crippen LogP) is 15.0. The van der Waals surface area contributed by atoms with Crippen LogP contribution >= 0.6 is 0 Å². The molecule has 61 heavy (non-hydrogen) atoms. The van der Waals surface area contributed by atoms with E-state index in [1.807, 2.05) is 0 Å². The second kappa shape index (κ2) is 13.4. The molecular weight excluding hydrogens is 753 g/mol. The molecule has 1 heterocycles. The first-order chi connectivity index (χ1) is 29.8. The molecule has 9 aromatic carbocycles. The molecule has 0 saturated heterocycles. The molecule has 2 aliphatic rings. The van der Waals surface area contributed by atoms with Gasteiger partial charge in [-0.3, -0.25) is 0 Å². The Morgan fingerprint density at radius 3 is 1.79 bits per heavy atom. The molecule has 1 nitrogen and oxygen atoms in total. The number of para-hydroxylation sites is 1. The third kappa shape index (κ3) is 5.38. The lowest BCUT2D eigenvalue weighted by molar-refractivity contribution is 0.419. The standard InChI is InChI=1S/C59H46OSi/c1-59(2)52-33-29-37-16-8-9-19-43(37)57(52)49-32-28-39(36-53(49)59)55-45-21-10-12-23-47(45)56(48-24-13-11-22-46(48)55)40-34-50(58-51(35-40)44-20-14-15-25-54(44)60-58)38-26-30-42(31-27-38)61(3,4)41-17-6-5-7-18-41/h5-35,53H,36H2,1-4H3. The molecule has 12 rings (SSSR count). The molecule has 1 unspecified atom stereocenters. The predicted molar refractivity (Wildman–Crippen MR) is 264 cm³/mol. The van der Waals surface area contributed by atoms with Gasteiger partial charge in [-0.1, -0.05) is 207 Å². The first-order valence-corrected chi connectivity index (χ1v) is 24.8. The average Bonchev–Trinajstić information content (AvgIpc) is 3.79. The van der Waals surface area contributed by atoms with E-state index in [1.165, 1.54) is 87.2 Å². The summed E-state index contributed by atoms with van der Waals surface area (Å²) >= 11 is 0. The molecule has 2 heteroatoms. The van der Waals surface area contributed by atoms with Gasteiger partial charge in [0.05, 0.1) is 0 Å². The topological polar surface area (TPSA) is 13.1 Å². The highest BCUT2D eigenvalue weighted by Crippen LogP contribution is 2.57. The van der Waals surface area contributed by atoms with Crippen LogP contribution in [0.1, 0.15) is 37.0 Å². The van der Waals surface area contributed by atoms with E-state index in [2.05, 4.69) is 215 Å². The van der Waals surface area contributed by atoms with E-state index in [-0.39, 0.29) is 5.41 Å². The van der Waals surface area contributed by atoms with Crippen molar-refractivity contribution in [3.63, 3.8) is 0 Å². The third-order valence-corrected chi connectivity index (χ3v) is 18.0. The van der Waals surface area contributed by atoms with Crippen molar-refractivity contribution in [2.24, 2.45) is 5.92 Å². The summed E-state index contributed by atoms with van der Waals surface area (Å²) < 4.78 is 6.76. The second-order valence-corrected chi connectivity index (χ2v) is 22.8. The van der Waals surface area contributed by atoms with E-state index in [1.54, 1.807) is 0 Å². The van der Waals surface area contributed by atoms with Crippen molar-refractivity contribution in [2.45, 2.75) is 38.8 Å². The Bertz CT molecular complexity index is 3430. The lowest BCUT2D eigenvalue weighted by atomic mass is 9.71. The zero-order valence-electron chi connectivity index (χ0n) is 35.1. The first-order valence-electron chi connectivity index (χ1n) is 21.8. The Balaban J connectivity index is 1.06. The van der Waals surface area contributed by atoms with E-state index in [4.69, 9.17) is 4.42 Å². The lowest BCUT2D eigenvalue weighted by Crippen LogP contribution is -2.52. The molecule has 0 spiro atoms. The van der Waals surface area contributed by atoms with E-state index in [0.29, 0.717) is 5.92 Å². The van der Waals surface area contributed by atoms with Crippen molar-refractivity contribution in [3.8, 4) is 22.3 Å². The van der Waals surface area contributed by atoms with Crippen molar-refractivity contribution in [2.75, 3.05) is 0 Å². The van der Waals surface area contributed by atoms with Crippen LogP contribution in [0.3, 0.4) is 0 Å². The molecule has 0 fully saturated rings. The highest BCUT2D eigenvalue weighted by atomic mass is 28.3. The van der Waals surface area contributed by atoms with Gasteiger partial charge < -0.3 is 4.42 Å². The Morgan fingerprint density at radius 2 is 1.08 bits per heavy atom. The molecule has 1 atom stereocenters. The van der Waals surface area contributed by atoms with Crippen LogP contribution in [0.25, 0.3) is 87.7 Å². The molecule has 0 radical (unpaired) electrons. The summed E-state index contributed by atoms with van der Waals surface area (Å²) in [6.07, 6.45) is 5.90. The van der Waals surface area contributed by atoms with Gasteiger partial charge in [-0.2, -0.15) is 0 Å². The van der Waals surface area contributed by atoms with Gasteiger partial charge in [0.2, 0.25) is 0 Å². The van der Waals surface area contributed by atoms with Gasteiger partial charge in [-0.05, 0) is 113 Å².